The zero-order valence-electron chi connectivity index (χ0n) is 15.0. The SMILES string of the molecule is COc1ccc(C)cc1/C=C/C(=O)Nc1cccc(N2CCCC2=O)c1. The Morgan fingerprint density at radius 2 is 2.08 bits per heavy atom. The lowest BCUT2D eigenvalue weighted by Gasteiger charge is -2.16. The van der Waals surface area contributed by atoms with Crippen LogP contribution in [-0.4, -0.2) is 25.5 Å². The zero-order valence-corrected chi connectivity index (χ0v) is 15.0. The molecule has 0 aromatic heterocycles. The summed E-state index contributed by atoms with van der Waals surface area (Å²) in [6, 6.07) is 13.1. The van der Waals surface area contributed by atoms with Crippen molar-refractivity contribution in [3.8, 4) is 5.75 Å². The first-order valence-corrected chi connectivity index (χ1v) is 8.61. The van der Waals surface area contributed by atoms with Gasteiger partial charge in [0.1, 0.15) is 5.75 Å². The maximum atomic E-state index is 12.2. The van der Waals surface area contributed by atoms with Crippen LogP contribution in [0.5, 0.6) is 5.75 Å². The van der Waals surface area contributed by atoms with Gasteiger partial charge in [-0.2, -0.15) is 0 Å². The summed E-state index contributed by atoms with van der Waals surface area (Å²) in [6.07, 6.45) is 4.66. The van der Waals surface area contributed by atoms with E-state index in [1.807, 2.05) is 49.4 Å². The lowest BCUT2D eigenvalue weighted by molar-refractivity contribution is -0.117. The molecule has 0 radical (unpaired) electrons. The number of methoxy groups -OCH3 is 1. The van der Waals surface area contributed by atoms with Crippen LogP contribution in [0, 0.1) is 6.92 Å². The van der Waals surface area contributed by atoms with Crippen molar-refractivity contribution in [3.63, 3.8) is 0 Å². The Morgan fingerprint density at radius 3 is 2.81 bits per heavy atom. The number of aryl methyl sites for hydroxylation is 1. The Morgan fingerprint density at radius 1 is 1.23 bits per heavy atom. The summed E-state index contributed by atoms with van der Waals surface area (Å²) in [5.41, 5.74) is 3.41. The van der Waals surface area contributed by atoms with Gasteiger partial charge in [0.2, 0.25) is 11.8 Å². The first kappa shape index (κ1) is 17.7. The summed E-state index contributed by atoms with van der Waals surface area (Å²) in [6.45, 7) is 2.71. The van der Waals surface area contributed by atoms with Gasteiger partial charge in [0.05, 0.1) is 7.11 Å². The van der Waals surface area contributed by atoms with E-state index in [1.54, 1.807) is 18.1 Å². The van der Waals surface area contributed by atoms with Crippen LogP contribution in [0.25, 0.3) is 6.08 Å². The van der Waals surface area contributed by atoms with Crippen molar-refractivity contribution in [2.24, 2.45) is 0 Å². The summed E-state index contributed by atoms with van der Waals surface area (Å²) in [5, 5.41) is 2.84. The fourth-order valence-corrected chi connectivity index (χ4v) is 3.01. The standard InChI is InChI=1S/C21H22N2O3/c1-15-8-10-19(26-2)16(13-15)9-11-20(24)22-17-5-3-6-18(14-17)23-12-4-7-21(23)25/h3,5-6,8-11,13-14H,4,7,12H2,1-2H3,(H,22,24)/b11-9+. The molecule has 0 bridgehead atoms. The molecule has 2 aromatic carbocycles. The van der Waals surface area contributed by atoms with Crippen LogP contribution >= 0.6 is 0 Å². The normalized spacial score (nSPS) is 14.1. The Labute approximate surface area is 153 Å². The number of hydrogen-bond donors (Lipinski definition) is 1. The number of rotatable bonds is 5. The minimum absolute atomic E-state index is 0.125. The van der Waals surface area contributed by atoms with Crippen LogP contribution in [-0.2, 0) is 9.59 Å². The highest BCUT2D eigenvalue weighted by Crippen LogP contribution is 2.24. The first-order chi connectivity index (χ1) is 12.6. The molecule has 2 amide bonds. The van der Waals surface area contributed by atoms with E-state index in [0.29, 0.717) is 17.9 Å². The van der Waals surface area contributed by atoms with Gasteiger partial charge in [-0.25, -0.2) is 0 Å². The molecule has 1 heterocycles. The molecule has 5 nitrogen and oxygen atoms in total. The van der Waals surface area contributed by atoms with Gasteiger partial charge in [0.25, 0.3) is 0 Å². The molecule has 0 saturated carbocycles. The first-order valence-electron chi connectivity index (χ1n) is 8.61. The van der Waals surface area contributed by atoms with Gasteiger partial charge in [-0.05, 0) is 49.8 Å². The molecule has 1 aliphatic rings. The van der Waals surface area contributed by atoms with E-state index in [4.69, 9.17) is 4.74 Å². The van der Waals surface area contributed by atoms with Gasteiger partial charge >= 0.3 is 0 Å². The van der Waals surface area contributed by atoms with Crippen molar-refractivity contribution >= 4 is 29.3 Å². The van der Waals surface area contributed by atoms with Crippen LogP contribution in [0.15, 0.2) is 48.5 Å². The Kier molecular flexibility index (Phi) is 5.37. The average molecular weight is 350 g/mol. The minimum atomic E-state index is -0.238. The van der Waals surface area contributed by atoms with Gasteiger partial charge in [-0.15, -0.1) is 0 Å². The molecule has 0 spiro atoms. The number of carbonyl (C=O) groups excluding carboxylic acids is 2. The van der Waals surface area contributed by atoms with E-state index in [1.165, 1.54) is 6.08 Å². The molecule has 1 saturated heterocycles. The highest BCUT2D eigenvalue weighted by atomic mass is 16.5. The van der Waals surface area contributed by atoms with Crippen molar-refractivity contribution < 1.29 is 14.3 Å². The summed E-state index contributed by atoms with van der Waals surface area (Å²) in [7, 11) is 1.60. The summed E-state index contributed by atoms with van der Waals surface area (Å²) < 4.78 is 5.31. The number of nitrogens with one attached hydrogen (secondary N) is 1. The van der Waals surface area contributed by atoms with Crippen LogP contribution in [0.4, 0.5) is 11.4 Å². The molecule has 26 heavy (non-hydrogen) atoms. The Bertz CT molecular complexity index is 858. The molecule has 0 unspecified atom stereocenters. The molecule has 1 aliphatic heterocycles. The van der Waals surface area contributed by atoms with Crippen LogP contribution in [0.2, 0.25) is 0 Å². The Balaban J connectivity index is 1.70. The van der Waals surface area contributed by atoms with E-state index in [0.717, 1.165) is 29.8 Å². The second-order valence-corrected chi connectivity index (χ2v) is 6.27. The van der Waals surface area contributed by atoms with Crippen LogP contribution < -0.4 is 15.0 Å². The third-order valence-corrected chi connectivity index (χ3v) is 4.30. The van der Waals surface area contributed by atoms with Gasteiger partial charge < -0.3 is 15.0 Å². The summed E-state index contributed by atoms with van der Waals surface area (Å²) in [5.74, 6) is 0.604. The molecule has 2 aromatic rings. The predicted molar refractivity (Wildman–Crippen MR) is 103 cm³/mol. The van der Waals surface area contributed by atoms with E-state index in [-0.39, 0.29) is 11.8 Å². The fraction of sp³-hybridized carbons (Fsp3) is 0.238. The van der Waals surface area contributed by atoms with Gasteiger partial charge in [-0.3, -0.25) is 9.59 Å². The van der Waals surface area contributed by atoms with E-state index < -0.39 is 0 Å². The average Bonchev–Trinajstić information content (AvgIpc) is 3.06. The molecule has 5 heteroatoms. The number of anilines is 2. The topological polar surface area (TPSA) is 58.6 Å². The number of nitrogens with zero attached hydrogens (tertiary/aromatic N) is 1. The van der Waals surface area contributed by atoms with Crippen molar-refractivity contribution in [1.29, 1.82) is 0 Å². The maximum absolute atomic E-state index is 12.2. The largest absolute Gasteiger partial charge is 0.496 e. The quantitative estimate of drug-likeness (QED) is 0.835. The summed E-state index contributed by atoms with van der Waals surface area (Å²) >= 11 is 0. The third kappa shape index (κ3) is 4.11. The highest BCUT2D eigenvalue weighted by molar-refractivity contribution is 6.03. The smallest absolute Gasteiger partial charge is 0.248 e. The maximum Gasteiger partial charge on any atom is 0.248 e. The molecule has 1 N–H and O–H groups in total. The molecule has 0 aliphatic carbocycles. The van der Waals surface area contributed by atoms with Crippen molar-refractivity contribution in [2.75, 3.05) is 23.9 Å². The minimum Gasteiger partial charge on any atom is -0.496 e. The van der Waals surface area contributed by atoms with Crippen molar-refractivity contribution in [2.45, 2.75) is 19.8 Å². The zero-order chi connectivity index (χ0) is 18.5. The van der Waals surface area contributed by atoms with Gasteiger partial charge in [0.15, 0.2) is 0 Å². The lowest BCUT2D eigenvalue weighted by Crippen LogP contribution is -2.23. The molecular weight excluding hydrogens is 328 g/mol. The van der Waals surface area contributed by atoms with E-state index in [2.05, 4.69) is 5.32 Å². The monoisotopic (exact) mass is 350 g/mol. The molecule has 134 valence electrons. The molecule has 1 fully saturated rings. The van der Waals surface area contributed by atoms with Crippen LogP contribution in [0.3, 0.4) is 0 Å². The van der Waals surface area contributed by atoms with Gasteiger partial charge in [0, 0.05) is 36.0 Å². The number of benzene rings is 2. The molecule has 0 atom stereocenters. The van der Waals surface area contributed by atoms with Gasteiger partial charge in [-0.1, -0.05) is 17.7 Å². The predicted octanol–water partition coefficient (Wildman–Crippen LogP) is 3.78. The van der Waals surface area contributed by atoms with Crippen LogP contribution in [0.1, 0.15) is 24.0 Å². The second kappa shape index (κ2) is 7.87. The lowest BCUT2D eigenvalue weighted by atomic mass is 10.1. The summed E-state index contributed by atoms with van der Waals surface area (Å²) in [4.78, 5) is 25.9. The van der Waals surface area contributed by atoms with E-state index >= 15 is 0 Å². The number of ether oxygens (including phenoxy) is 1. The number of amides is 2. The van der Waals surface area contributed by atoms with Crippen molar-refractivity contribution in [1.82, 2.24) is 0 Å². The fourth-order valence-electron chi connectivity index (χ4n) is 3.01. The number of carbonyl (C=O) groups is 2. The Hall–Kier alpha value is -3.08. The molecule has 3 rings (SSSR count). The number of hydrogen-bond acceptors (Lipinski definition) is 3. The second-order valence-electron chi connectivity index (χ2n) is 6.27. The van der Waals surface area contributed by atoms with E-state index in [9.17, 15) is 9.59 Å². The third-order valence-electron chi connectivity index (χ3n) is 4.30. The van der Waals surface area contributed by atoms with Crippen molar-refractivity contribution in [3.05, 3.63) is 59.7 Å². The highest BCUT2D eigenvalue weighted by Gasteiger charge is 2.21. The molecular formula is C21H22N2O3.